The minimum atomic E-state index is 0.152. The zero-order valence-electron chi connectivity index (χ0n) is 14.4. The van der Waals surface area contributed by atoms with Crippen LogP contribution in [0.1, 0.15) is 51.9 Å². The second-order valence-electron chi connectivity index (χ2n) is 6.49. The Hall–Kier alpha value is -0.160. The molecule has 0 spiro atoms. The van der Waals surface area contributed by atoms with Crippen molar-refractivity contribution in [3.63, 3.8) is 0 Å². The summed E-state index contributed by atoms with van der Waals surface area (Å²) in [5.41, 5.74) is 6.40. The monoisotopic (exact) mass is 300 g/mol. The fourth-order valence-corrected chi connectivity index (χ4v) is 3.80. The van der Waals surface area contributed by atoms with Crippen LogP contribution < -0.4 is 5.73 Å². The van der Waals surface area contributed by atoms with Gasteiger partial charge in [0.15, 0.2) is 0 Å². The first-order valence-electron chi connectivity index (χ1n) is 8.65. The van der Waals surface area contributed by atoms with Crippen molar-refractivity contribution < 1.29 is 9.47 Å². The molecular weight excluding hydrogens is 264 g/mol. The van der Waals surface area contributed by atoms with Gasteiger partial charge in [-0.1, -0.05) is 32.6 Å². The van der Waals surface area contributed by atoms with Gasteiger partial charge in [0.1, 0.15) is 0 Å². The Kier molecular flexibility index (Phi) is 9.49. The van der Waals surface area contributed by atoms with Crippen molar-refractivity contribution in [3.05, 3.63) is 0 Å². The van der Waals surface area contributed by atoms with Crippen molar-refractivity contribution in [2.75, 3.05) is 47.1 Å². The third-order valence-electron chi connectivity index (χ3n) is 5.15. The van der Waals surface area contributed by atoms with Crippen LogP contribution in [0, 0.1) is 5.92 Å². The van der Waals surface area contributed by atoms with E-state index in [0.29, 0.717) is 0 Å². The lowest BCUT2D eigenvalue weighted by atomic mass is 9.87. The number of nitrogens with zero attached hydrogens (tertiary/aromatic N) is 1. The van der Waals surface area contributed by atoms with Crippen LogP contribution in [-0.2, 0) is 9.47 Å². The first kappa shape index (κ1) is 18.9. The van der Waals surface area contributed by atoms with Crippen molar-refractivity contribution in [2.45, 2.75) is 57.4 Å². The molecule has 4 heteroatoms. The fraction of sp³-hybridized carbons (Fsp3) is 1.00. The van der Waals surface area contributed by atoms with E-state index in [1.165, 1.54) is 44.9 Å². The van der Waals surface area contributed by atoms with Crippen LogP contribution in [-0.4, -0.2) is 57.5 Å². The minimum absolute atomic E-state index is 0.152. The quantitative estimate of drug-likeness (QED) is 0.630. The van der Waals surface area contributed by atoms with Crippen molar-refractivity contribution in [1.29, 1.82) is 0 Å². The molecule has 2 N–H and O–H groups in total. The Morgan fingerprint density at radius 1 is 1.10 bits per heavy atom. The summed E-state index contributed by atoms with van der Waals surface area (Å²) in [6.45, 7) is 6.49. The molecule has 1 aliphatic carbocycles. The average molecular weight is 300 g/mol. The molecule has 1 aliphatic rings. The van der Waals surface area contributed by atoms with E-state index in [0.717, 1.165) is 38.8 Å². The van der Waals surface area contributed by atoms with Gasteiger partial charge in [-0.25, -0.2) is 0 Å². The zero-order valence-corrected chi connectivity index (χ0v) is 14.4. The molecule has 0 aliphatic heterocycles. The van der Waals surface area contributed by atoms with Gasteiger partial charge in [-0.3, -0.25) is 4.90 Å². The van der Waals surface area contributed by atoms with E-state index in [9.17, 15) is 0 Å². The highest BCUT2D eigenvalue weighted by Crippen LogP contribution is 2.35. The maximum absolute atomic E-state index is 6.25. The summed E-state index contributed by atoms with van der Waals surface area (Å²) in [4.78, 5) is 2.54. The van der Waals surface area contributed by atoms with Crippen LogP contribution in [0.4, 0.5) is 0 Å². The maximum Gasteiger partial charge on any atom is 0.0589 e. The first-order chi connectivity index (χ1) is 10.2. The fourth-order valence-electron chi connectivity index (χ4n) is 3.80. The van der Waals surface area contributed by atoms with Crippen LogP contribution >= 0.6 is 0 Å². The Bertz CT molecular complexity index is 255. The molecule has 2 atom stereocenters. The Morgan fingerprint density at radius 3 is 2.29 bits per heavy atom. The second kappa shape index (κ2) is 10.5. The Labute approximate surface area is 131 Å². The molecule has 1 saturated carbocycles. The van der Waals surface area contributed by atoms with Gasteiger partial charge in [-0.2, -0.15) is 0 Å². The molecule has 0 bridgehead atoms. The standard InChI is InChI=1S/C17H36N2O2/c1-4-6-16-7-5-9-17(15-18,10-8-16)19(11-13-20-2)12-14-21-3/h16H,4-15,18H2,1-3H3. The summed E-state index contributed by atoms with van der Waals surface area (Å²) in [7, 11) is 3.54. The normalized spacial score (nSPS) is 27.0. The topological polar surface area (TPSA) is 47.7 Å². The lowest BCUT2D eigenvalue weighted by Gasteiger charge is -2.43. The summed E-state index contributed by atoms with van der Waals surface area (Å²) >= 11 is 0. The van der Waals surface area contributed by atoms with Crippen molar-refractivity contribution >= 4 is 0 Å². The second-order valence-corrected chi connectivity index (χ2v) is 6.49. The van der Waals surface area contributed by atoms with Gasteiger partial charge >= 0.3 is 0 Å². The molecule has 0 aromatic carbocycles. The molecule has 1 fully saturated rings. The summed E-state index contributed by atoms with van der Waals surface area (Å²) in [5, 5.41) is 0. The molecule has 2 unspecified atom stereocenters. The molecular formula is C17H36N2O2. The molecule has 21 heavy (non-hydrogen) atoms. The van der Waals surface area contributed by atoms with Crippen LogP contribution in [0.3, 0.4) is 0 Å². The molecule has 126 valence electrons. The lowest BCUT2D eigenvalue weighted by Crippen LogP contribution is -2.55. The van der Waals surface area contributed by atoms with Crippen molar-refractivity contribution in [1.82, 2.24) is 4.90 Å². The van der Waals surface area contributed by atoms with E-state index in [1.807, 2.05) is 0 Å². The molecule has 4 nitrogen and oxygen atoms in total. The van der Waals surface area contributed by atoms with Gasteiger partial charge in [0.25, 0.3) is 0 Å². The number of methoxy groups -OCH3 is 2. The van der Waals surface area contributed by atoms with Crippen LogP contribution in [0.5, 0.6) is 0 Å². The zero-order chi connectivity index (χ0) is 15.6. The van der Waals surface area contributed by atoms with E-state index < -0.39 is 0 Å². The van der Waals surface area contributed by atoms with E-state index in [2.05, 4.69) is 11.8 Å². The van der Waals surface area contributed by atoms with Crippen LogP contribution in [0.25, 0.3) is 0 Å². The predicted octanol–water partition coefficient (Wildman–Crippen LogP) is 2.66. The number of nitrogens with two attached hydrogens (primary N) is 1. The third-order valence-corrected chi connectivity index (χ3v) is 5.15. The van der Waals surface area contributed by atoms with Crippen molar-refractivity contribution in [2.24, 2.45) is 11.7 Å². The Balaban J connectivity index is 2.72. The van der Waals surface area contributed by atoms with E-state index >= 15 is 0 Å². The van der Waals surface area contributed by atoms with Crippen LogP contribution in [0.15, 0.2) is 0 Å². The van der Waals surface area contributed by atoms with Crippen molar-refractivity contribution in [3.8, 4) is 0 Å². The molecule has 0 radical (unpaired) electrons. The first-order valence-corrected chi connectivity index (χ1v) is 8.65. The van der Waals surface area contributed by atoms with Crippen LogP contribution in [0.2, 0.25) is 0 Å². The summed E-state index contributed by atoms with van der Waals surface area (Å²) in [5.74, 6) is 0.898. The molecule has 0 aromatic rings. The maximum atomic E-state index is 6.25. The third kappa shape index (κ3) is 5.85. The summed E-state index contributed by atoms with van der Waals surface area (Å²) < 4.78 is 10.6. The SMILES string of the molecule is CCCC1CCCC(CN)(N(CCOC)CCOC)CC1. The number of rotatable bonds is 10. The molecule has 0 saturated heterocycles. The molecule has 0 heterocycles. The summed E-state index contributed by atoms with van der Waals surface area (Å²) in [6, 6.07) is 0. The van der Waals surface area contributed by atoms with E-state index in [4.69, 9.17) is 15.2 Å². The number of ether oxygens (including phenoxy) is 2. The lowest BCUT2D eigenvalue weighted by molar-refractivity contribution is 0.0272. The van der Waals surface area contributed by atoms with E-state index in [-0.39, 0.29) is 5.54 Å². The highest BCUT2D eigenvalue weighted by atomic mass is 16.5. The summed E-state index contributed by atoms with van der Waals surface area (Å²) in [6.07, 6.45) is 9.12. The smallest absolute Gasteiger partial charge is 0.0589 e. The number of hydrogen-bond acceptors (Lipinski definition) is 4. The van der Waals surface area contributed by atoms with Gasteiger partial charge in [-0.05, 0) is 25.2 Å². The van der Waals surface area contributed by atoms with Gasteiger partial charge in [0.05, 0.1) is 13.2 Å². The highest BCUT2D eigenvalue weighted by Gasteiger charge is 2.36. The molecule has 0 aromatic heterocycles. The minimum Gasteiger partial charge on any atom is -0.383 e. The van der Waals surface area contributed by atoms with Gasteiger partial charge in [0, 0.05) is 39.4 Å². The van der Waals surface area contributed by atoms with Gasteiger partial charge in [-0.15, -0.1) is 0 Å². The largest absolute Gasteiger partial charge is 0.383 e. The predicted molar refractivity (Wildman–Crippen MR) is 88.6 cm³/mol. The molecule has 1 rings (SSSR count). The average Bonchev–Trinajstić information content (AvgIpc) is 2.71. The highest BCUT2D eigenvalue weighted by molar-refractivity contribution is 4.94. The number of hydrogen-bond donors (Lipinski definition) is 1. The van der Waals surface area contributed by atoms with Gasteiger partial charge in [0.2, 0.25) is 0 Å². The Morgan fingerprint density at radius 2 is 1.76 bits per heavy atom. The van der Waals surface area contributed by atoms with Gasteiger partial charge < -0.3 is 15.2 Å². The molecule has 0 amide bonds. The van der Waals surface area contributed by atoms with E-state index in [1.54, 1.807) is 14.2 Å².